The lowest BCUT2D eigenvalue weighted by molar-refractivity contribution is -0.119. The van der Waals surface area contributed by atoms with Crippen LogP contribution in [0.3, 0.4) is 0 Å². The molecule has 0 spiro atoms. The standard InChI is InChI=1S/C21H32N6O/c1-17(28)23-15-18-5-6-20(24-16-18)26-12-7-19(8-13-26)21-22-9-14-27(21)11-4-10-25(2)3/h5-6,9,14,16,19H,4,7-8,10-13,15H2,1-3H3,(H,23,28). The van der Waals surface area contributed by atoms with Crippen molar-refractivity contribution in [1.82, 2.24) is 24.8 Å². The smallest absolute Gasteiger partial charge is 0.217 e. The van der Waals surface area contributed by atoms with Crippen molar-refractivity contribution in [3.05, 3.63) is 42.1 Å². The molecule has 1 fully saturated rings. The van der Waals surface area contributed by atoms with Crippen molar-refractivity contribution >= 4 is 11.7 Å². The molecule has 0 unspecified atom stereocenters. The van der Waals surface area contributed by atoms with Gasteiger partial charge in [0.2, 0.25) is 5.91 Å². The minimum atomic E-state index is -0.0220. The van der Waals surface area contributed by atoms with Crippen molar-refractivity contribution in [2.24, 2.45) is 0 Å². The van der Waals surface area contributed by atoms with E-state index in [1.54, 1.807) is 0 Å². The Labute approximate surface area is 167 Å². The minimum Gasteiger partial charge on any atom is -0.357 e. The van der Waals surface area contributed by atoms with Gasteiger partial charge in [-0.15, -0.1) is 0 Å². The van der Waals surface area contributed by atoms with Crippen LogP contribution in [0.4, 0.5) is 5.82 Å². The summed E-state index contributed by atoms with van der Waals surface area (Å²) in [6, 6.07) is 4.10. The molecule has 3 heterocycles. The molecule has 0 aromatic carbocycles. The average molecular weight is 385 g/mol. The maximum absolute atomic E-state index is 11.0. The number of piperidine rings is 1. The highest BCUT2D eigenvalue weighted by molar-refractivity contribution is 5.72. The molecule has 1 N–H and O–H groups in total. The molecule has 2 aromatic rings. The molecule has 0 aliphatic carbocycles. The van der Waals surface area contributed by atoms with Crippen molar-refractivity contribution < 1.29 is 4.79 Å². The molecule has 1 aliphatic heterocycles. The van der Waals surface area contributed by atoms with Gasteiger partial charge >= 0.3 is 0 Å². The number of pyridine rings is 1. The summed E-state index contributed by atoms with van der Waals surface area (Å²) in [4.78, 5) is 24.8. The van der Waals surface area contributed by atoms with E-state index < -0.39 is 0 Å². The van der Waals surface area contributed by atoms with Crippen LogP contribution in [-0.4, -0.2) is 59.1 Å². The van der Waals surface area contributed by atoms with Gasteiger partial charge in [-0.25, -0.2) is 9.97 Å². The van der Waals surface area contributed by atoms with Crippen LogP contribution < -0.4 is 10.2 Å². The number of imidazole rings is 1. The van der Waals surface area contributed by atoms with Gasteiger partial charge in [0, 0.05) is 57.6 Å². The van der Waals surface area contributed by atoms with Crippen LogP contribution in [0, 0.1) is 0 Å². The van der Waals surface area contributed by atoms with Gasteiger partial charge in [-0.3, -0.25) is 4.79 Å². The largest absolute Gasteiger partial charge is 0.357 e. The number of carbonyl (C=O) groups is 1. The monoisotopic (exact) mass is 384 g/mol. The first-order valence-corrected chi connectivity index (χ1v) is 10.1. The van der Waals surface area contributed by atoms with Crippen LogP contribution in [0.2, 0.25) is 0 Å². The number of nitrogens with zero attached hydrogens (tertiary/aromatic N) is 5. The zero-order chi connectivity index (χ0) is 19.9. The van der Waals surface area contributed by atoms with Crippen LogP contribution >= 0.6 is 0 Å². The second-order valence-corrected chi connectivity index (χ2v) is 7.83. The van der Waals surface area contributed by atoms with Crippen molar-refractivity contribution in [3.63, 3.8) is 0 Å². The van der Waals surface area contributed by atoms with Crippen LogP contribution in [0.1, 0.15) is 43.5 Å². The first-order chi connectivity index (χ1) is 13.5. The predicted molar refractivity (Wildman–Crippen MR) is 111 cm³/mol. The molecular weight excluding hydrogens is 352 g/mol. The quantitative estimate of drug-likeness (QED) is 0.756. The summed E-state index contributed by atoms with van der Waals surface area (Å²) in [7, 11) is 4.23. The first-order valence-electron chi connectivity index (χ1n) is 10.1. The van der Waals surface area contributed by atoms with Gasteiger partial charge in [0.15, 0.2) is 0 Å². The Balaban J connectivity index is 1.52. The van der Waals surface area contributed by atoms with Crippen molar-refractivity contribution in [1.29, 1.82) is 0 Å². The molecule has 152 valence electrons. The molecule has 28 heavy (non-hydrogen) atoms. The Bertz CT molecular complexity index is 747. The first kappa shape index (κ1) is 20.3. The third-order valence-corrected chi connectivity index (χ3v) is 5.29. The molecule has 0 atom stereocenters. The number of anilines is 1. The molecule has 2 aromatic heterocycles. The van der Waals surface area contributed by atoms with Gasteiger partial charge in [0.25, 0.3) is 0 Å². The lowest BCUT2D eigenvalue weighted by Crippen LogP contribution is -2.34. The summed E-state index contributed by atoms with van der Waals surface area (Å²) in [5.41, 5.74) is 1.02. The molecular formula is C21H32N6O. The third-order valence-electron chi connectivity index (χ3n) is 5.29. The number of rotatable bonds is 8. The fourth-order valence-electron chi connectivity index (χ4n) is 3.73. The number of aryl methyl sites for hydroxylation is 1. The van der Waals surface area contributed by atoms with Crippen molar-refractivity contribution in [3.8, 4) is 0 Å². The molecule has 7 heteroatoms. The number of amides is 1. The van der Waals surface area contributed by atoms with Crippen molar-refractivity contribution in [2.45, 2.75) is 45.2 Å². The lowest BCUT2D eigenvalue weighted by atomic mass is 9.96. The summed E-state index contributed by atoms with van der Waals surface area (Å²) in [6.07, 6.45) is 9.25. The van der Waals surface area contributed by atoms with E-state index in [0.29, 0.717) is 12.5 Å². The Morgan fingerprint density at radius 1 is 1.25 bits per heavy atom. The van der Waals surface area contributed by atoms with Crippen LogP contribution in [0.25, 0.3) is 0 Å². The van der Waals surface area contributed by atoms with Gasteiger partial charge in [0.1, 0.15) is 11.6 Å². The van der Waals surface area contributed by atoms with E-state index in [1.807, 2.05) is 18.5 Å². The fourth-order valence-corrected chi connectivity index (χ4v) is 3.73. The predicted octanol–water partition coefficient (Wildman–Crippen LogP) is 2.25. The SMILES string of the molecule is CC(=O)NCc1ccc(N2CCC(c3nccn3CCCN(C)C)CC2)nc1. The zero-order valence-electron chi connectivity index (χ0n) is 17.3. The number of carbonyl (C=O) groups excluding carboxylic acids is 1. The number of hydrogen-bond donors (Lipinski definition) is 1. The topological polar surface area (TPSA) is 66.3 Å². The van der Waals surface area contributed by atoms with E-state index in [4.69, 9.17) is 0 Å². The molecule has 7 nitrogen and oxygen atoms in total. The average Bonchev–Trinajstić information content (AvgIpc) is 3.15. The molecule has 0 radical (unpaired) electrons. The molecule has 1 aliphatic rings. The van der Waals surface area contributed by atoms with E-state index >= 15 is 0 Å². The highest BCUT2D eigenvalue weighted by atomic mass is 16.1. The second-order valence-electron chi connectivity index (χ2n) is 7.83. The lowest BCUT2D eigenvalue weighted by Gasteiger charge is -2.32. The maximum Gasteiger partial charge on any atom is 0.217 e. The van der Waals surface area contributed by atoms with Gasteiger partial charge in [0.05, 0.1) is 0 Å². The number of aromatic nitrogens is 3. The van der Waals surface area contributed by atoms with Crippen molar-refractivity contribution in [2.75, 3.05) is 38.6 Å². The summed E-state index contributed by atoms with van der Waals surface area (Å²) in [6.45, 7) is 6.17. The molecule has 3 rings (SSSR count). The third kappa shape index (κ3) is 5.55. The molecule has 1 saturated heterocycles. The number of hydrogen-bond acceptors (Lipinski definition) is 5. The van der Waals surface area contributed by atoms with Crippen LogP contribution in [0.5, 0.6) is 0 Å². The maximum atomic E-state index is 11.0. The van der Waals surface area contributed by atoms with Gasteiger partial charge < -0.3 is 19.7 Å². The van der Waals surface area contributed by atoms with Crippen LogP contribution in [0.15, 0.2) is 30.7 Å². The minimum absolute atomic E-state index is 0.0220. The second kappa shape index (κ2) is 9.68. The van der Waals surface area contributed by atoms with E-state index in [0.717, 1.165) is 56.8 Å². The summed E-state index contributed by atoms with van der Waals surface area (Å²) in [5, 5.41) is 2.80. The number of nitrogens with one attached hydrogen (secondary N) is 1. The van der Waals surface area contributed by atoms with Gasteiger partial charge in [-0.05, 0) is 51.5 Å². The molecule has 0 saturated carbocycles. The fraction of sp³-hybridized carbons (Fsp3) is 0.571. The summed E-state index contributed by atoms with van der Waals surface area (Å²) >= 11 is 0. The van der Waals surface area contributed by atoms with Gasteiger partial charge in [-0.2, -0.15) is 0 Å². The van der Waals surface area contributed by atoms with E-state index in [1.165, 1.54) is 12.7 Å². The van der Waals surface area contributed by atoms with Crippen LogP contribution in [-0.2, 0) is 17.9 Å². The summed E-state index contributed by atoms with van der Waals surface area (Å²) in [5.74, 6) is 2.74. The Morgan fingerprint density at radius 2 is 2.04 bits per heavy atom. The Morgan fingerprint density at radius 3 is 2.68 bits per heavy atom. The van der Waals surface area contributed by atoms with E-state index in [-0.39, 0.29) is 5.91 Å². The van der Waals surface area contributed by atoms with E-state index in [9.17, 15) is 4.79 Å². The summed E-state index contributed by atoms with van der Waals surface area (Å²) < 4.78 is 2.33. The Hall–Kier alpha value is -2.41. The highest BCUT2D eigenvalue weighted by Crippen LogP contribution is 2.29. The molecule has 0 bridgehead atoms. The molecule has 1 amide bonds. The zero-order valence-corrected chi connectivity index (χ0v) is 17.3. The Kier molecular flexibility index (Phi) is 7.03. The van der Waals surface area contributed by atoms with E-state index in [2.05, 4.69) is 56.0 Å². The normalized spacial score (nSPS) is 15.2. The van der Waals surface area contributed by atoms with Gasteiger partial charge in [-0.1, -0.05) is 6.07 Å². The highest BCUT2D eigenvalue weighted by Gasteiger charge is 2.24.